The van der Waals surface area contributed by atoms with Crippen molar-refractivity contribution in [2.45, 2.75) is 25.9 Å². The smallest absolute Gasteiger partial charge is 0.122 e. The zero-order chi connectivity index (χ0) is 15.2. The van der Waals surface area contributed by atoms with E-state index in [2.05, 4.69) is 36.8 Å². The summed E-state index contributed by atoms with van der Waals surface area (Å²) in [6, 6.07) is 8.08. The van der Waals surface area contributed by atoms with E-state index in [1.807, 2.05) is 18.2 Å². The van der Waals surface area contributed by atoms with Gasteiger partial charge in [-0.15, -0.1) is 24.8 Å². The molecule has 23 heavy (non-hydrogen) atoms. The van der Waals surface area contributed by atoms with E-state index in [-0.39, 0.29) is 24.8 Å². The lowest BCUT2D eigenvalue weighted by Gasteiger charge is -2.33. The summed E-state index contributed by atoms with van der Waals surface area (Å²) in [5.74, 6) is 1.32. The zero-order valence-corrected chi connectivity index (χ0v) is 15.9. The van der Waals surface area contributed by atoms with Gasteiger partial charge in [-0.25, -0.2) is 0 Å². The molecule has 0 bridgehead atoms. The number of β-amino-alcohol motifs (C(OH)–C–C–N with tert-alkyl or cyclic N) is 1. The average Bonchev–Trinajstić information content (AvgIpc) is 2.48. The molecule has 0 saturated carbocycles. The summed E-state index contributed by atoms with van der Waals surface area (Å²) in [6.45, 7) is 9.55. The van der Waals surface area contributed by atoms with E-state index in [0.717, 1.165) is 31.9 Å². The number of aliphatic hydroxyl groups excluding tert-OH is 1. The first-order chi connectivity index (χ1) is 10.1. The molecule has 1 aliphatic rings. The van der Waals surface area contributed by atoms with Crippen LogP contribution in [0.2, 0.25) is 0 Å². The Labute approximate surface area is 152 Å². The number of rotatable bonds is 6. The fourth-order valence-electron chi connectivity index (χ4n) is 2.66. The maximum atomic E-state index is 10.2. The van der Waals surface area contributed by atoms with Crippen molar-refractivity contribution in [2.24, 2.45) is 0 Å². The van der Waals surface area contributed by atoms with Crippen LogP contribution in [0.25, 0.3) is 0 Å². The number of hydrogen-bond donors (Lipinski definition) is 1. The minimum absolute atomic E-state index is 0. The van der Waals surface area contributed by atoms with Gasteiger partial charge in [0.25, 0.3) is 0 Å². The first kappa shape index (κ1) is 22.5. The largest absolute Gasteiger partial charge is 0.491 e. The van der Waals surface area contributed by atoms with Crippen molar-refractivity contribution in [3.05, 3.63) is 29.8 Å². The topological polar surface area (TPSA) is 35.9 Å². The third kappa shape index (κ3) is 7.27. The van der Waals surface area contributed by atoms with Gasteiger partial charge in [0.15, 0.2) is 0 Å². The van der Waals surface area contributed by atoms with Crippen LogP contribution in [0.1, 0.15) is 25.3 Å². The molecule has 1 aromatic carbocycles. The Bertz CT molecular complexity index is 438. The van der Waals surface area contributed by atoms with Gasteiger partial charge in [-0.3, -0.25) is 4.90 Å². The lowest BCUT2D eigenvalue weighted by atomic mass is 10.0. The second kappa shape index (κ2) is 11.1. The zero-order valence-electron chi connectivity index (χ0n) is 14.3. The summed E-state index contributed by atoms with van der Waals surface area (Å²) in [4.78, 5) is 4.63. The van der Waals surface area contributed by atoms with Gasteiger partial charge >= 0.3 is 0 Å². The molecule has 1 N–H and O–H groups in total. The number of piperazine rings is 1. The van der Waals surface area contributed by atoms with Crippen molar-refractivity contribution in [3.63, 3.8) is 0 Å². The molecule has 1 heterocycles. The number of para-hydroxylation sites is 1. The normalized spacial score (nSPS) is 17.3. The maximum absolute atomic E-state index is 10.2. The molecule has 2 rings (SSSR count). The molecule has 0 aliphatic carbocycles. The van der Waals surface area contributed by atoms with Crippen LogP contribution in [0.3, 0.4) is 0 Å². The van der Waals surface area contributed by atoms with Crippen LogP contribution in [0.5, 0.6) is 5.75 Å². The van der Waals surface area contributed by atoms with Crippen molar-refractivity contribution in [2.75, 3.05) is 46.4 Å². The SMILES string of the molecule is CC(C)c1ccccc1OCC(O)CN1CCN(C)CC1.Cl.Cl. The first-order valence-corrected chi connectivity index (χ1v) is 7.87. The van der Waals surface area contributed by atoms with E-state index < -0.39 is 6.10 Å². The molecule has 0 aromatic heterocycles. The highest BCUT2D eigenvalue weighted by atomic mass is 35.5. The summed E-state index contributed by atoms with van der Waals surface area (Å²) in [6.07, 6.45) is -0.436. The van der Waals surface area contributed by atoms with Crippen molar-refractivity contribution in [1.82, 2.24) is 9.80 Å². The molecule has 6 heteroatoms. The Hall–Kier alpha value is -0.520. The van der Waals surface area contributed by atoms with Crippen molar-refractivity contribution >= 4 is 24.8 Å². The van der Waals surface area contributed by atoms with Gasteiger partial charge in [-0.2, -0.15) is 0 Å². The van der Waals surface area contributed by atoms with Crippen LogP contribution in [-0.2, 0) is 0 Å². The molecule has 1 unspecified atom stereocenters. The molecule has 134 valence electrons. The second-order valence-corrected chi connectivity index (χ2v) is 6.26. The number of nitrogens with zero attached hydrogens (tertiary/aromatic N) is 2. The lowest BCUT2D eigenvalue weighted by molar-refractivity contribution is 0.0502. The molecule has 4 nitrogen and oxygen atoms in total. The fourth-order valence-corrected chi connectivity index (χ4v) is 2.66. The van der Waals surface area contributed by atoms with Crippen molar-refractivity contribution in [3.8, 4) is 5.75 Å². The summed E-state index contributed by atoms with van der Waals surface area (Å²) in [5.41, 5.74) is 1.20. The molecule has 0 amide bonds. The number of ether oxygens (including phenoxy) is 1. The van der Waals surface area contributed by atoms with E-state index in [1.54, 1.807) is 0 Å². The van der Waals surface area contributed by atoms with E-state index in [4.69, 9.17) is 4.74 Å². The molecule has 0 radical (unpaired) electrons. The minimum Gasteiger partial charge on any atom is -0.491 e. The molecule has 1 aliphatic heterocycles. The quantitative estimate of drug-likeness (QED) is 0.841. The van der Waals surface area contributed by atoms with Crippen LogP contribution in [0.15, 0.2) is 24.3 Å². The van der Waals surface area contributed by atoms with Gasteiger partial charge in [0, 0.05) is 32.7 Å². The highest BCUT2D eigenvalue weighted by Crippen LogP contribution is 2.25. The summed E-state index contributed by atoms with van der Waals surface area (Å²) in [7, 11) is 2.14. The Balaban J connectivity index is 0.00000242. The monoisotopic (exact) mass is 364 g/mol. The molecular formula is C17H30Cl2N2O2. The van der Waals surface area contributed by atoms with Crippen LogP contribution < -0.4 is 4.74 Å². The lowest BCUT2D eigenvalue weighted by Crippen LogP contribution is -2.47. The minimum atomic E-state index is -0.436. The molecule has 1 atom stereocenters. The number of aliphatic hydroxyl groups is 1. The molecule has 1 fully saturated rings. The van der Waals surface area contributed by atoms with Crippen molar-refractivity contribution < 1.29 is 9.84 Å². The predicted octanol–water partition coefficient (Wildman–Crippen LogP) is 2.64. The molecular weight excluding hydrogens is 335 g/mol. The van der Waals surface area contributed by atoms with Crippen molar-refractivity contribution in [1.29, 1.82) is 0 Å². The first-order valence-electron chi connectivity index (χ1n) is 7.87. The van der Waals surface area contributed by atoms with E-state index in [0.29, 0.717) is 19.1 Å². The van der Waals surface area contributed by atoms with E-state index in [9.17, 15) is 5.11 Å². The standard InChI is InChI=1S/C17H28N2O2.2ClH/c1-14(2)16-6-4-5-7-17(16)21-13-15(20)12-19-10-8-18(3)9-11-19;;/h4-7,14-15,20H,8-13H2,1-3H3;2*1H. The van der Waals surface area contributed by atoms with E-state index in [1.165, 1.54) is 5.56 Å². The van der Waals surface area contributed by atoms with Gasteiger partial charge in [-0.1, -0.05) is 32.0 Å². The molecule has 1 aromatic rings. The third-order valence-corrected chi connectivity index (χ3v) is 4.04. The maximum Gasteiger partial charge on any atom is 0.122 e. The third-order valence-electron chi connectivity index (χ3n) is 4.04. The predicted molar refractivity (Wildman–Crippen MR) is 100 cm³/mol. The number of halogens is 2. The highest BCUT2D eigenvalue weighted by Gasteiger charge is 2.17. The van der Waals surface area contributed by atoms with Crippen LogP contribution in [0.4, 0.5) is 0 Å². The average molecular weight is 365 g/mol. The number of likely N-dealkylation sites (N-methyl/N-ethyl adjacent to an activating group) is 1. The van der Waals surface area contributed by atoms with Crippen LogP contribution >= 0.6 is 24.8 Å². The van der Waals surface area contributed by atoms with Gasteiger partial charge in [-0.05, 0) is 24.6 Å². The van der Waals surface area contributed by atoms with Gasteiger partial charge in [0.05, 0.1) is 0 Å². The Morgan fingerprint density at radius 3 is 2.30 bits per heavy atom. The summed E-state index contributed by atoms with van der Waals surface area (Å²) >= 11 is 0. The van der Waals surface area contributed by atoms with Crippen LogP contribution in [0, 0.1) is 0 Å². The van der Waals surface area contributed by atoms with E-state index >= 15 is 0 Å². The Kier molecular flexibility index (Phi) is 10.9. The Morgan fingerprint density at radius 2 is 1.70 bits per heavy atom. The fraction of sp³-hybridized carbons (Fsp3) is 0.647. The van der Waals surface area contributed by atoms with Gasteiger partial charge in [0.1, 0.15) is 18.5 Å². The van der Waals surface area contributed by atoms with Gasteiger partial charge in [0.2, 0.25) is 0 Å². The van der Waals surface area contributed by atoms with Crippen LogP contribution in [-0.4, -0.2) is 67.4 Å². The molecule has 0 spiro atoms. The summed E-state index contributed by atoms with van der Waals surface area (Å²) in [5, 5.41) is 10.2. The number of benzene rings is 1. The molecule has 1 saturated heterocycles. The summed E-state index contributed by atoms with van der Waals surface area (Å²) < 4.78 is 5.84. The second-order valence-electron chi connectivity index (χ2n) is 6.26. The highest BCUT2D eigenvalue weighted by molar-refractivity contribution is 5.85. The number of hydrogen-bond acceptors (Lipinski definition) is 4. The van der Waals surface area contributed by atoms with Gasteiger partial charge < -0.3 is 14.7 Å². The Morgan fingerprint density at radius 1 is 1.09 bits per heavy atom.